The maximum absolute atomic E-state index is 6.10. The number of halogens is 2. The molecule has 1 aromatic carbocycles. The van der Waals surface area contributed by atoms with Crippen molar-refractivity contribution < 1.29 is 0 Å². The smallest absolute Gasteiger partial charge is 0.191 e. The van der Waals surface area contributed by atoms with Gasteiger partial charge in [-0.05, 0) is 43.5 Å². The van der Waals surface area contributed by atoms with Crippen molar-refractivity contribution in [2.45, 2.75) is 25.8 Å². The predicted octanol–water partition coefficient (Wildman–Crippen LogP) is 3.04. The zero-order chi connectivity index (χ0) is 17.6. The maximum Gasteiger partial charge on any atom is 0.191 e. The number of piperazine rings is 1. The molecule has 3 rings (SSSR count). The highest BCUT2D eigenvalue weighted by molar-refractivity contribution is 14.0. The number of benzene rings is 1. The molecule has 0 aromatic heterocycles. The number of nitrogens with one attached hydrogen (secondary N) is 2. The van der Waals surface area contributed by atoms with E-state index in [-0.39, 0.29) is 24.0 Å². The number of guanidine groups is 1. The summed E-state index contributed by atoms with van der Waals surface area (Å²) in [5.74, 6) is 1.73. The molecule has 2 unspecified atom stereocenters. The monoisotopic (exact) mass is 491 g/mol. The summed E-state index contributed by atoms with van der Waals surface area (Å²) < 4.78 is 0. The zero-order valence-electron chi connectivity index (χ0n) is 15.7. The first-order valence-electron chi connectivity index (χ1n) is 9.36. The molecule has 1 aromatic rings. The molecule has 1 saturated carbocycles. The summed E-state index contributed by atoms with van der Waals surface area (Å²) >= 11 is 6.10. The highest BCUT2D eigenvalue weighted by atomic mass is 127. The largest absolute Gasteiger partial charge is 0.369 e. The van der Waals surface area contributed by atoms with Gasteiger partial charge in [-0.2, -0.15) is 0 Å². The zero-order valence-corrected chi connectivity index (χ0v) is 18.8. The summed E-state index contributed by atoms with van der Waals surface area (Å²) in [7, 11) is 1.84. The molecule has 2 aliphatic rings. The van der Waals surface area contributed by atoms with Crippen molar-refractivity contribution in [3.05, 3.63) is 29.3 Å². The van der Waals surface area contributed by atoms with E-state index in [9.17, 15) is 0 Å². The van der Waals surface area contributed by atoms with Crippen LogP contribution in [-0.2, 0) is 0 Å². The normalized spacial score (nSPS) is 23.3. The van der Waals surface area contributed by atoms with Crippen LogP contribution >= 0.6 is 35.6 Å². The summed E-state index contributed by atoms with van der Waals surface area (Å²) in [5, 5.41) is 7.71. The van der Waals surface area contributed by atoms with Crippen molar-refractivity contribution in [3.63, 3.8) is 0 Å². The average Bonchev–Trinajstić information content (AvgIpc) is 3.33. The van der Waals surface area contributed by atoms with E-state index in [1.165, 1.54) is 12.1 Å². The van der Waals surface area contributed by atoms with Crippen molar-refractivity contribution in [2.24, 2.45) is 10.9 Å². The van der Waals surface area contributed by atoms with E-state index >= 15 is 0 Å². The number of anilines is 1. The minimum absolute atomic E-state index is 0. The highest BCUT2D eigenvalue weighted by Crippen LogP contribution is 2.28. The molecule has 1 aliphatic carbocycles. The molecule has 1 heterocycles. The van der Waals surface area contributed by atoms with Crippen LogP contribution in [0.5, 0.6) is 0 Å². The molecule has 2 N–H and O–H groups in total. The maximum atomic E-state index is 6.10. The van der Waals surface area contributed by atoms with Gasteiger partial charge in [-0.15, -0.1) is 24.0 Å². The van der Waals surface area contributed by atoms with Gasteiger partial charge in [0.05, 0.1) is 0 Å². The molecule has 1 aliphatic heterocycles. The second-order valence-corrected chi connectivity index (χ2v) is 7.56. The van der Waals surface area contributed by atoms with Crippen LogP contribution in [0, 0.1) is 5.92 Å². The number of hydrogen-bond acceptors (Lipinski definition) is 3. The predicted molar refractivity (Wildman–Crippen MR) is 122 cm³/mol. The topological polar surface area (TPSA) is 42.9 Å². The second-order valence-electron chi connectivity index (χ2n) is 7.12. The molecule has 0 bridgehead atoms. The van der Waals surface area contributed by atoms with Crippen LogP contribution in [0.2, 0.25) is 5.02 Å². The number of aliphatic imine (C=N–C) groups is 1. The molecule has 0 spiro atoms. The molecular formula is C19H31ClIN5. The van der Waals surface area contributed by atoms with Gasteiger partial charge in [0.15, 0.2) is 5.96 Å². The number of nitrogens with zero attached hydrogens (tertiary/aromatic N) is 3. The van der Waals surface area contributed by atoms with E-state index in [0.29, 0.717) is 6.04 Å². The Balaban J connectivity index is 0.00000243. The van der Waals surface area contributed by atoms with Crippen molar-refractivity contribution >= 4 is 47.2 Å². The Hall–Kier alpha value is -0.730. The molecule has 2 fully saturated rings. The van der Waals surface area contributed by atoms with Gasteiger partial charge >= 0.3 is 0 Å². The molecule has 2 atom stereocenters. The van der Waals surface area contributed by atoms with Gasteiger partial charge in [-0.1, -0.05) is 24.6 Å². The SMILES string of the molecule is CN=C(NCCCN1CCN(c2cccc(Cl)c2)CC1)NC1CC1C.I. The van der Waals surface area contributed by atoms with Gasteiger partial charge in [0, 0.05) is 56.5 Å². The molecule has 5 nitrogen and oxygen atoms in total. The van der Waals surface area contributed by atoms with Crippen LogP contribution in [0.4, 0.5) is 5.69 Å². The van der Waals surface area contributed by atoms with Gasteiger partial charge in [0.25, 0.3) is 0 Å². The van der Waals surface area contributed by atoms with E-state index < -0.39 is 0 Å². The fourth-order valence-corrected chi connectivity index (χ4v) is 3.49. The quantitative estimate of drug-likeness (QED) is 0.278. The fraction of sp³-hybridized carbons (Fsp3) is 0.632. The third-order valence-corrected chi connectivity index (χ3v) is 5.38. The molecule has 26 heavy (non-hydrogen) atoms. The third-order valence-electron chi connectivity index (χ3n) is 5.14. The van der Waals surface area contributed by atoms with Crippen molar-refractivity contribution in [1.29, 1.82) is 0 Å². The first kappa shape index (κ1) is 21.6. The second kappa shape index (κ2) is 10.6. The third kappa shape index (κ3) is 6.46. The van der Waals surface area contributed by atoms with Gasteiger partial charge < -0.3 is 15.5 Å². The molecule has 1 saturated heterocycles. The Morgan fingerprint density at radius 2 is 2.00 bits per heavy atom. The van der Waals surface area contributed by atoms with Crippen molar-refractivity contribution in [3.8, 4) is 0 Å². The molecule has 0 radical (unpaired) electrons. The van der Waals surface area contributed by atoms with E-state index in [0.717, 1.165) is 62.6 Å². The lowest BCUT2D eigenvalue weighted by Crippen LogP contribution is -2.47. The Bertz CT molecular complexity index is 589. The van der Waals surface area contributed by atoms with Gasteiger partial charge in [-0.25, -0.2) is 0 Å². The lowest BCUT2D eigenvalue weighted by Gasteiger charge is -2.36. The highest BCUT2D eigenvalue weighted by Gasteiger charge is 2.33. The van der Waals surface area contributed by atoms with Gasteiger partial charge in [0.1, 0.15) is 0 Å². The Morgan fingerprint density at radius 3 is 2.62 bits per heavy atom. The molecular weight excluding hydrogens is 461 g/mol. The standard InChI is InChI=1S/C19H30ClN5.HI/c1-15-13-18(15)23-19(21-2)22-7-4-8-24-9-11-25(12-10-24)17-6-3-5-16(20)14-17;/h3,5-6,14-15,18H,4,7-13H2,1-2H3,(H2,21,22,23);1H. The molecule has 0 amide bonds. The van der Waals surface area contributed by atoms with Crippen LogP contribution in [0.3, 0.4) is 0 Å². The van der Waals surface area contributed by atoms with Crippen LogP contribution in [-0.4, -0.2) is 63.2 Å². The summed E-state index contributed by atoms with van der Waals surface area (Å²) in [5.41, 5.74) is 1.23. The van der Waals surface area contributed by atoms with Gasteiger partial charge in [0.2, 0.25) is 0 Å². The Morgan fingerprint density at radius 1 is 1.27 bits per heavy atom. The minimum Gasteiger partial charge on any atom is -0.369 e. The Kier molecular flexibility index (Phi) is 8.76. The lowest BCUT2D eigenvalue weighted by molar-refractivity contribution is 0.255. The van der Waals surface area contributed by atoms with E-state index in [1.54, 1.807) is 0 Å². The van der Waals surface area contributed by atoms with Crippen LogP contribution < -0.4 is 15.5 Å². The van der Waals surface area contributed by atoms with Crippen molar-refractivity contribution in [1.82, 2.24) is 15.5 Å². The summed E-state index contributed by atoms with van der Waals surface area (Å²) in [6.45, 7) is 8.72. The minimum atomic E-state index is 0. The molecule has 146 valence electrons. The summed E-state index contributed by atoms with van der Waals surface area (Å²) in [6.07, 6.45) is 2.40. The van der Waals surface area contributed by atoms with Crippen LogP contribution in [0.15, 0.2) is 29.3 Å². The van der Waals surface area contributed by atoms with Crippen LogP contribution in [0.1, 0.15) is 19.8 Å². The number of hydrogen-bond donors (Lipinski definition) is 2. The van der Waals surface area contributed by atoms with E-state index in [1.807, 2.05) is 19.2 Å². The summed E-state index contributed by atoms with van der Waals surface area (Å²) in [6, 6.07) is 8.77. The first-order chi connectivity index (χ1) is 12.2. The van der Waals surface area contributed by atoms with Gasteiger partial charge in [-0.3, -0.25) is 9.89 Å². The van der Waals surface area contributed by atoms with E-state index in [4.69, 9.17) is 11.6 Å². The molecule has 7 heteroatoms. The van der Waals surface area contributed by atoms with Crippen molar-refractivity contribution in [2.75, 3.05) is 51.2 Å². The average molecular weight is 492 g/mol. The van der Waals surface area contributed by atoms with E-state index in [2.05, 4.69) is 44.5 Å². The van der Waals surface area contributed by atoms with Crippen LogP contribution in [0.25, 0.3) is 0 Å². The first-order valence-corrected chi connectivity index (χ1v) is 9.73. The fourth-order valence-electron chi connectivity index (χ4n) is 3.31. The number of rotatable bonds is 6. The Labute approximate surface area is 179 Å². The summed E-state index contributed by atoms with van der Waals surface area (Å²) in [4.78, 5) is 9.26. The lowest BCUT2D eigenvalue weighted by atomic mass is 10.2.